The van der Waals surface area contributed by atoms with Crippen LogP contribution in [0.1, 0.15) is 122 Å². The number of piperidine rings is 1. The topological polar surface area (TPSA) is 73.2 Å². The monoisotopic (exact) mass is 641 g/mol. The van der Waals surface area contributed by atoms with Crippen LogP contribution >= 0.6 is 0 Å². The van der Waals surface area contributed by atoms with Gasteiger partial charge in [0.15, 0.2) is 5.78 Å². The van der Waals surface area contributed by atoms with Gasteiger partial charge in [-0.3, -0.25) is 9.59 Å². The number of benzene rings is 3. The second-order valence-electron chi connectivity index (χ2n) is 10.6. The molecule has 1 heterocycles. The highest BCUT2D eigenvalue weighted by Gasteiger charge is 2.24. The van der Waals surface area contributed by atoms with Gasteiger partial charge in [-0.05, 0) is 97.7 Å². The van der Waals surface area contributed by atoms with Gasteiger partial charge in [-0.15, -0.1) is 0 Å². The average molecular weight is 642 g/mol. The van der Waals surface area contributed by atoms with Gasteiger partial charge in [-0.2, -0.15) is 5.26 Å². The van der Waals surface area contributed by atoms with E-state index in [1.807, 2.05) is 70.1 Å². The average Bonchev–Trinajstić information content (AvgIpc) is 3.10. The summed E-state index contributed by atoms with van der Waals surface area (Å²) < 4.78 is 12.9. The summed E-state index contributed by atoms with van der Waals surface area (Å²) in [4.78, 5) is 25.6. The summed E-state index contributed by atoms with van der Waals surface area (Å²) in [5, 5.41) is 11.4. The van der Waals surface area contributed by atoms with E-state index in [0.29, 0.717) is 5.92 Å². The number of aryl methyl sites for hydroxylation is 2. The first-order valence-corrected chi connectivity index (χ1v) is 16.8. The van der Waals surface area contributed by atoms with Crippen LogP contribution < -0.4 is 5.32 Å². The standard InChI is InChI=1S/C25H30N2O.C9H6FNO.C3H8.2C2H6/c1-5-20(17-26-4)21-8-10-22(11-9-21)23-12-14-27(15-13-23)25(28)24-7-6-18(2)19(3)16-24;1-6(12)8-3-2-7(5-11)4-9(8)10;1-3-2;2*1-2/h5-11,16-17,23,26H,1,12-15H2,2-4H3;2-4H,1H3;3H2,1-2H3;2*1-2H3/b20-17+;;;;. The molecule has 1 N–H and O–H groups in total. The zero-order chi connectivity index (χ0) is 35.9. The Morgan fingerprint density at radius 2 is 1.49 bits per heavy atom. The molecule has 1 fully saturated rings. The van der Waals surface area contributed by atoms with Gasteiger partial charge in [0.25, 0.3) is 5.91 Å². The van der Waals surface area contributed by atoms with Gasteiger partial charge in [0.1, 0.15) is 5.82 Å². The number of nitrogens with one attached hydrogen (secondary N) is 1. The third kappa shape index (κ3) is 13.8. The Balaban J connectivity index is 0.000000925. The summed E-state index contributed by atoms with van der Waals surface area (Å²) in [5.74, 6) is -0.304. The van der Waals surface area contributed by atoms with Crippen molar-refractivity contribution in [1.29, 1.82) is 5.26 Å². The van der Waals surface area contributed by atoms with E-state index in [1.165, 1.54) is 42.2 Å². The number of hydrogen-bond donors (Lipinski definition) is 1. The molecule has 1 aliphatic heterocycles. The van der Waals surface area contributed by atoms with E-state index < -0.39 is 5.82 Å². The summed E-state index contributed by atoms with van der Waals surface area (Å²) in [7, 11) is 1.89. The second kappa shape index (κ2) is 23.8. The van der Waals surface area contributed by atoms with Crippen molar-refractivity contribution in [2.45, 2.75) is 87.5 Å². The quantitative estimate of drug-likeness (QED) is 0.215. The predicted octanol–water partition coefficient (Wildman–Crippen LogP) is 10.4. The first kappa shape index (κ1) is 42.5. The normalized spacial score (nSPS) is 12.1. The second-order valence-corrected chi connectivity index (χ2v) is 10.6. The van der Waals surface area contributed by atoms with Crippen LogP contribution in [0.4, 0.5) is 4.39 Å². The molecule has 0 atom stereocenters. The Bertz CT molecular complexity index is 1460. The van der Waals surface area contributed by atoms with Gasteiger partial charge in [0, 0.05) is 31.9 Å². The Morgan fingerprint density at radius 3 is 1.94 bits per heavy atom. The molecule has 0 bridgehead atoms. The van der Waals surface area contributed by atoms with Crippen LogP contribution in [0.2, 0.25) is 0 Å². The Kier molecular flexibility index (Phi) is 21.5. The zero-order valence-electron chi connectivity index (χ0n) is 30.3. The summed E-state index contributed by atoms with van der Waals surface area (Å²) in [6.07, 6.45) is 7.09. The third-order valence-corrected chi connectivity index (χ3v) is 7.25. The van der Waals surface area contributed by atoms with Crippen LogP contribution in [-0.2, 0) is 0 Å². The molecule has 47 heavy (non-hydrogen) atoms. The molecule has 3 aromatic carbocycles. The highest BCUT2D eigenvalue weighted by Crippen LogP contribution is 2.30. The van der Waals surface area contributed by atoms with Crippen molar-refractivity contribution in [3.63, 3.8) is 0 Å². The lowest BCUT2D eigenvalue weighted by molar-refractivity contribution is 0.0712. The zero-order valence-corrected chi connectivity index (χ0v) is 30.3. The number of rotatable bonds is 6. The van der Waals surface area contributed by atoms with Gasteiger partial charge >= 0.3 is 0 Å². The third-order valence-electron chi connectivity index (χ3n) is 7.25. The van der Waals surface area contributed by atoms with Gasteiger partial charge in [-0.25, -0.2) is 4.39 Å². The number of carbonyl (C=O) groups is 2. The van der Waals surface area contributed by atoms with E-state index in [1.54, 1.807) is 6.07 Å². The fraction of sp³-hybridized carbons (Fsp3) is 0.390. The number of ketones is 1. The summed E-state index contributed by atoms with van der Waals surface area (Å²) in [6.45, 7) is 23.2. The minimum atomic E-state index is -0.637. The largest absolute Gasteiger partial charge is 0.393 e. The molecule has 0 aromatic heterocycles. The van der Waals surface area contributed by atoms with Gasteiger partial charge in [-0.1, -0.05) is 91.0 Å². The summed E-state index contributed by atoms with van der Waals surface area (Å²) in [5.41, 5.74) is 7.05. The smallest absolute Gasteiger partial charge is 0.253 e. The predicted molar refractivity (Wildman–Crippen MR) is 197 cm³/mol. The number of carbonyl (C=O) groups excluding carboxylic acids is 2. The molecule has 5 nitrogen and oxygen atoms in total. The van der Waals surface area contributed by atoms with E-state index in [2.05, 4.69) is 63.9 Å². The molecule has 254 valence electrons. The number of amides is 1. The minimum absolute atomic E-state index is 0.0222. The maximum atomic E-state index is 12.9. The molecule has 1 amide bonds. The van der Waals surface area contributed by atoms with E-state index in [9.17, 15) is 14.0 Å². The van der Waals surface area contributed by atoms with Crippen LogP contribution in [0.25, 0.3) is 5.57 Å². The molecular weight excluding hydrogens is 585 g/mol. The first-order chi connectivity index (χ1) is 22.6. The number of nitrogens with zero attached hydrogens (tertiary/aromatic N) is 2. The molecule has 0 radical (unpaired) electrons. The maximum absolute atomic E-state index is 12.9. The highest BCUT2D eigenvalue weighted by molar-refractivity contribution is 5.95. The fourth-order valence-corrected chi connectivity index (χ4v) is 4.71. The highest BCUT2D eigenvalue weighted by atomic mass is 19.1. The first-order valence-electron chi connectivity index (χ1n) is 16.8. The molecule has 6 heteroatoms. The minimum Gasteiger partial charge on any atom is -0.393 e. The van der Waals surface area contributed by atoms with E-state index in [4.69, 9.17) is 5.26 Å². The maximum Gasteiger partial charge on any atom is 0.253 e. The lowest BCUT2D eigenvalue weighted by atomic mass is 9.88. The van der Waals surface area contributed by atoms with Gasteiger partial charge in [0.2, 0.25) is 0 Å². The van der Waals surface area contributed by atoms with Crippen molar-refractivity contribution in [2.24, 2.45) is 0 Å². The molecule has 3 aromatic rings. The molecule has 0 spiro atoms. The van der Waals surface area contributed by atoms with E-state index in [-0.39, 0.29) is 22.8 Å². The summed E-state index contributed by atoms with van der Waals surface area (Å²) in [6, 6.07) is 20.3. The van der Waals surface area contributed by atoms with Crippen LogP contribution in [0.3, 0.4) is 0 Å². The van der Waals surface area contributed by atoms with E-state index >= 15 is 0 Å². The van der Waals surface area contributed by atoms with Gasteiger partial charge in [0.05, 0.1) is 17.2 Å². The van der Waals surface area contributed by atoms with Crippen molar-refractivity contribution < 1.29 is 14.0 Å². The summed E-state index contributed by atoms with van der Waals surface area (Å²) >= 11 is 0. The molecule has 0 aliphatic carbocycles. The van der Waals surface area contributed by atoms with E-state index in [0.717, 1.165) is 48.7 Å². The lowest BCUT2D eigenvalue weighted by Crippen LogP contribution is -2.37. The van der Waals surface area contributed by atoms with Crippen molar-refractivity contribution in [3.05, 3.63) is 124 Å². The van der Waals surface area contributed by atoms with Crippen LogP contribution in [0.15, 0.2) is 79.5 Å². The van der Waals surface area contributed by atoms with Crippen LogP contribution in [-0.4, -0.2) is 36.7 Å². The number of nitriles is 1. The van der Waals surface area contributed by atoms with Crippen molar-refractivity contribution in [1.82, 2.24) is 10.2 Å². The number of allylic oxidation sites excluding steroid dienone is 2. The van der Waals surface area contributed by atoms with Crippen molar-refractivity contribution >= 4 is 17.3 Å². The molecular formula is C41H56FN3O2. The fourth-order valence-electron chi connectivity index (χ4n) is 4.71. The number of Topliss-reactive ketones (excluding diaryl/α,β-unsaturated/α-hetero) is 1. The molecule has 1 saturated heterocycles. The lowest BCUT2D eigenvalue weighted by Gasteiger charge is -2.32. The SMILES string of the molecule is C=C/C(=C\NC)c1ccc(C2CCN(C(=O)c3ccc(C)c(C)c3)CC2)cc1.CC.CC.CC(=O)c1ccc(C#N)cc1F.CCC. The van der Waals surface area contributed by atoms with Crippen LogP contribution in [0, 0.1) is 31.0 Å². The Morgan fingerprint density at radius 1 is 0.936 bits per heavy atom. The molecule has 0 saturated carbocycles. The molecule has 4 rings (SSSR count). The number of hydrogen-bond acceptors (Lipinski definition) is 4. The Labute approximate surface area is 284 Å². The van der Waals surface area contributed by atoms with Crippen molar-refractivity contribution in [3.8, 4) is 6.07 Å². The number of likely N-dealkylation sites (tertiary alicyclic amines) is 1. The number of halogens is 1. The van der Waals surface area contributed by atoms with Crippen molar-refractivity contribution in [2.75, 3.05) is 20.1 Å². The Hall–Kier alpha value is -4.50. The molecule has 0 unspecified atom stereocenters. The van der Waals surface area contributed by atoms with Crippen LogP contribution in [0.5, 0.6) is 0 Å². The van der Waals surface area contributed by atoms with Gasteiger partial charge < -0.3 is 10.2 Å². The molecule has 1 aliphatic rings.